The fourth-order valence-electron chi connectivity index (χ4n) is 1.99. The number of hydrogen-bond acceptors (Lipinski definition) is 3. The van der Waals surface area contributed by atoms with Crippen LogP contribution in [0.1, 0.15) is 11.1 Å². The number of methoxy groups -OCH3 is 1. The Kier molecular flexibility index (Phi) is 6.29. The number of carbonyl (C=O) groups is 1. The molecule has 0 unspecified atom stereocenters. The molecule has 2 aromatic rings. The molecule has 0 aliphatic carbocycles. The number of rotatable bonds is 7. The molecular weight excluding hydrogens is 292 g/mol. The highest BCUT2D eigenvalue weighted by molar-refractivity contribution is 5.73. The molecule has 0 saturated heterocycles. The lowest BCUT2D eigenvalue weighted by atomic mass is 10.1. The number of hydrogen-bond donors (Lipinski definition) is 2. The van der Waals surface area contributed by atoms with Crippen molar-refractivity contribution in [3.05, 3.63) is 59.7 Å². The molecule has 0 spiro atoms. The highest BCUT2D eigenvalue weighted by Crippen LogP contribution is 2.11. The minimum atomic E-state index is -0.245. The summed E-state index contributed by atoms with van der Waals surface area (Å²) in [5.74, 6) is 1.56. The van der Waals surface area contributed by atoms with Crippen LogP contribution in [-0.2, 0) is 6.42 Å². The quantitative estimate of drug-likeness (QED) is 0.773. The first kappa shape index (κ1) is 16.7. The molecule has 5 nitrogen and oxygen atoms in total. The molecule has 0 bridgehead atoms. The van der Waals surface area contributed by atoms with Gasteiger partial charge in [0.25, 0.3) is 0 Å². The van der Waals surface area contributed by atoms with Gasteiger partial charge in [-0.3, -0.25) is 0 Å². The van der Waals surface area contributed by atoms with Gasteiger partial charge in [0.2, 0.25) is 0 Å². The van der Waals surface area contributed by atoms with E-state index >= 15 is 0 Å². The van der Waals surface area contributed by atoms with Crippen molar-refractivity contribution in [3.8, 4) is 11.5 Å². The van der Waals surface area contributed by atoms with Crippen LogP contribution in [0.25, 0.3) is 0 Å². The second-order valence-electron chi connectivity index (χ2n) is 5.13. The number of amides is 2. The van der Waals surface area contributed by atoms with Gasteiger partial charge in [-0.05, 0) is 43.2 Å². The lowest BCUT2D eigenvalue weighted by molar-refractivity contribution is 0.224. The van der Waals surface area contributed by atoms with Gasteiger partial charge in [-0.1, -0.05) is 29.8 Å². The molecule has 122 valence electrons. The maximum atomic E-state index is 11.7. The third-order valence-electron chi connectivity index (χ3n) is 3.35. The SMILES string of the molecule is COc1ccc(CCNC(=O)NCOc2ccc(C)cc2)cc1. The molecular formula is C18H22N2O3. The van der Waals surface area contributed by atoms with E-state index in [1.165, 1.54) is 5.56 Å². The van der Waals surface area contributed by atoms with Gasteiger partial charge in [0.15, 0.2) is 6.73 Å². The summed E-state index contributed by atoms with van der Waals surface area (Å²) in [6.45, 7) is 2.71. The second-order valence-corrected chi connectivity index (χ2v) is 5.13. The Bertz CT molecular complexity index is 609. The van der Waals surface area contributed by atoms with E-state index in [1.807, 2.05) is 55.5 Å². The molecule has 0 aliphatic rings. The fraction of sp³-hybridized carbons (Fsp3) is 0.278. The predicted molar refractivity (Wildman–Crippen MR) is 89.9 cm³/mol. The van der Waals surface area contributed by atoms with Gasteiger partial charge in [0.1, 0.15) is 11.5 Å². The van der Waals surface area contributed by atoms with E-state index in [0.29, 0.717) is 6.54 Å². The topological polar surface area (TPSA) is 59.6 Å². The Labute approximate surface area is 136 Å². The lowest BCUT2D eigenvalue weighted by Gasteiger charge is -2.10. The van der Waals surface area contributed by atoms with Crippen molar-refractivity contribution in [3.63, 3.8) is 0 Å². The van der Waals surface area contributed by atoms with Crippen molar-refractivity contribution in [2.45, 2.75) is 13.3 Å². The molecule has 0 aromatic heterocycles. The summed E-state index contributed by atoms with van der Waals surface area (Å²) in [7, 11) is 1.64. The van der Waals surface area contributed by atoms with E-state index in [0.717, 1.165) is 23.5 Å². The summed E-state index contributed by atoms with van der Waals surface area (Å²) in [6, 6.07) is 15.2. The molecule has 2 rings (SSSR count). The monoisotopic (exact) mass is 314 g/mol. The number of benzene rings is 2. The third-order valence-corrected chi connectivity index (χ3v) is 3.35. The Morgan fingerprint density at radius 2 is 1.61 bits per heavy atom. The number of ether oxygens (including phenoxy) is 2. The van der Waals surface area contributed by atoms with Crippen LogP contribution in [-0.4, -0.2) is 26.4 Å². The molecule has 2 amide bonds. The summed E-state index contributed by atoms with van der Waals surface area (Å²) < 4.78 is 10.5. The standard InChI is InChI=1S/C18H22N2O3/c1-14-3-7-17(8-4-14)23-13-20-18(21)19-12-11-15-5-9-16(22-2)10-6-15/h3-10H,11-13H2,1-2H3,(H2,19,20,21). The number of urea groups is 1. The number of carbonyl (C=O) groups excluding carboxylic acids is 1. The van der Waals surface area contributed by atoms with Crippen LogP contribution in [0.15, 0.2) is 48.5 Å². The number of aryl methyl sites for hydroxylation is 1. The zero-order valence-electron chi connectivity index (χ0n) is 13.5. The normalized spacial score (nSPS) is 10.0. The van der Waals surface area contributed by atoms with E-state index in [-0.39, 0.29) is 12.8 Å². The average Bonchev–Trinajstić information content (AvgIpc) is 2.57. The maximum absolute atomic E-state index is 11.7. The molecule has 2 aromatic carbocycles. The Morgan fingerprint density at radius 1 is 0.957 bits per heavy atom. The van der Waals surface area contributed by atoms with E-state index in [4.69, 9.17) is 9.47 Å². The maximum Gasteiger partial charge on any atom is 0.317 e. The summed E-state index contributed by atoms with van der Waals surface area (Å²) in [5.41, 5.74) is 2.31. The molecule has 2 N–H and O–H groups in total. The van der Waals surface area contributed by atoms with Gasteiger partial charge >= 0.3 is 6.03 Å². The second kappa shape index (κ2) is 8.68. The van der Waals surface area contributed by atoms with E-state index in [1.54, 1.807) is 7.11 Å². The van der Waals surface area contributed by atoms with Crippen LogP contribution in [0.3, 0.4) is 0 Å². The molecule has 0 heterocycles. The van der Waals surface area contributed by atoms with Crippen molar-refractivity contribution in [1.29, 1.82) is 0 Å². The molecule has 5 heteroatoms. The van der Waals surface area contributed by atoms with Crippen LogP contribution < -0.4 is 20.1 Å². The minimum Gasteiger partial charge on any atom is -0.497 e. The van der Waals surface area contributed by atoms with Gasteiger partial charge in [0, 0.05) is 6.54 Å². The van der Waals surface area contributed by atoms with Crippen LogP contribution in [0.2, 0.25) is 0 Å². The number of nitrogens with one attached hydrogen (secondary N) is 2. The van der Waals surface area contributed by atoms with Crippen LogP contribution in [0, 0.1) is 6.92 Å². The Morgan fingerprint density at radius 3 is 2.26 bits per heavy atom. The van der Waals surface area contributed by atoms with Gasteiger partial charge in [-0.15, -0.1) is 0 Å². The van der Waals surface area contributed by atoms with Crippen LogP contribution in [0.4, 0.5) is 4.79 Å². The van der Waals surface area contributed by atoms with Crippen LogP contribution in [0.5, 0.6) is 11.5 Å². The van der Waals surface area contributed by atoms with Crippen LogP contribution >= 0.6 is 0 Å². The first-order valence-electron chi connectivity index (χ1n) is 7.51. The van der Waals surface area contributed by atoms with E-state index in [2.05, 4.69) is 10.6 Å². The highest BCUT2D eigenvalue weighted by Gasteiger charge is 2.00. The highest BCUT2D eigenvalue weighted by atomic mass is 16.5. The zero-order valence-corrected chi connectivity index (χ0v) is 13.5. The van der Waals surface area contributed by atoms with Crippen molar-refractivity contribution >= 4 is 6.03 Å². The van der Waals surface area contributed by atoms with E-state index in [9.17, 15) is 4.79 Å². The van der Waals surface area contributed by atoms with E-state index < -0.39 is 0 Å². The van der Waals surface area contributed by atoms with Gasteiger partial charge in [-0.2, -0.15) is 0 Å². The first-order chi connectivity index (χ1) is 11.2. The Balaban J connectivity index is 1.62. The third kappa shape index (κ3) is 5.90. The zero-order chi connectivity index (χ0) is 16.5. The minimum absolute atomic E-state index is 0.136. The largest absolute Gasteiger partial charge is 0.497 e. The van der Waals surface area contributed by atoms with Gasteiger partial charge < -0.3 is 20.1 Å². The first-order valence-corrected chi connectivity index (χ1v) is 7.51. The smallest absolute Gasteiger partial charge is 0.317 e. The molecule has 0 fully saturated rings. The summed E-state index contributed by atoms with van der Waals surface area (Å²) in [6.07, 6.45) is 0.760. The molecule has 0 radical (unpaired) electrons. The summed E-state index contributed by atoms with van der Waals surface area (Å²) in [5, 5.41) is 5.45. The van der Waals surface area contributed by atoms with Gasteiger partial charge in [-0.25, -0.2) is 4.79 Å². The average molecular weight is 314 g/mol. The van der Waals surface area contributed by atoms with Crippen molar-refractivity contribution < 1.29 is 14.3 Å². The summed E-state index contributed by atoms with van der Waals surface area (Å²) >= 11 is 0. The molecule has 23 heavy (non-hydrogen) atoms. The lowest BCUT2D eigenvalue weighted by Crippen LogP contribution is -2.38. The van der Waals surface area contributed by atoms with Gasteiger partial charge in [0.05, 0.1) is 7.11 Å². The molecule has 0 aliphatic heterocycles. The van der Waals surface area contributed by atoms with Crippen molar-refractivity contribution in [2.75, 3.05) is 20.4 Å². The summed E-state index contributed by atoms with van der Waals surface area (Å²) in [4.78, 5) is 11.7. The van der Waals surface area contributed by atoms with Crippen molar-refractivity contribution in [1.82, 2.24) is 10.6 Å². The predicted octanol–water partition coefficient (Wildman–Crippen LogP) is 2.88. The molecule has 0 saturated carbocycles. The molecule has 0 atom stereocenters. The van der Waals surface area contributed by atoms with Crippen molar-refractivity contribution in [2.24, 2.45) is 0 Å². The fourth-order valence-corrected chi connectivity index (χ4v) is 1.99. The Hall–Kier alpha value is -2.69.